The molecule has 9 aromatic carbocycles. The van der Waals surface area contributed by atoms with E-state index in [1.807, 2.05) is 0 Å². The summed E-state index contributed by atoms with van der Waals surface area (Å²) in [7, 11) is 0. The van der Waals surface area contributed by atoms with Crippen LogP contribution in [0.15, 0.2) is 182 Å². The Bertz CT molecular complexity index is 3240. The maximum atomic E-state index is 2.55. The molecule has 0 saturated carbocycles. The molecule has 258 valence electrons. The predicted octanol–water partition coefficient (Wildman–Crippen LogP) is 14.2. The normalized spacial score (nSPS) is 15.1. The second-order valence-corrected chi connectivity index (χ2v) is 16.1. The van der Waals surface area contributed by atoms with Crippen molar-refractivity contribution in [3.8, 4) is 39.1 Å². The molecule has 2 aliphatic rings. The van der Waals surface area contributed by atoms with Crippen LogP contribution in [0, 0.1) is 0 Å². The van der Waals surface area contributed by atoms with Crippen LogP contribution in [-0.4, -0.2) is 4.57 Å². The molecule has 0 radical (unpaired) electrons. The molecule has 0 saturated heterocycles. The van der Waals surface area contributed by atoms with Gasteiger partial charge in [-0.05, 0) is 114 Å². The summed E-state index contributed by atoms with van der Waals surface area (Å²) in [4.78, 5) is 0. The molecule has 1 aromatic heterocycles. The van der Waals surface area contributed by atoms with Crippen LogP contribution in [0.4, 0.5) is 0 Å². The van der Waals surface area contributed by atoms with Crippen molar-refractivity contribution in [2.24, 2.45) is 0 Å². The lowest BCUT2D eigenvalue weighted by Gasteiger charge is -2.23. The monoisotopic (exact) mass is 699 g/mol. The van der Waals surface area contributed by atoms with E-state index in [4.69, 9.17) is 0 Å². The number of hydrogen-bond acceptors (Lipinski definition) is 0. The van der Waals surface area contributed by atoms with E-state index < -0.39 is 0 Å². The van der Waals surface area contributed by atoms with Crippen LogP contribution in [-0.2, 0) is 5.41 Å². The standard InChI is InChI=1S/C54H37N/c1-54(2)48-19-9-7-17-40(48)45-31-44-43-29-36(24-26-42(43)53(47(44)32-49(45)54)38-23-22-33-12-3-4-14-35(33)28-38)37-25-27-52-46(30-37)41-18-8-10-20-51(41)55(52)50-21-11-15-34-13-5-6-16-39(34)50/h3-32,53H,1-2H3. The van der Waals surface area contributed by atoms with Crippen molar-refractivity contribution in [1.29, 1.82) is 0 Å². The highest BCUT2D eigenvalue weighted by Crippen LogP contribution is 2.56. The van der Waals surface area contributed by atoms with E-state index >= 15 is 0 Å². The van der Waals surface area contributed by atoms with Gasteiger partial charge in [-0.3, -0.25) is 0 Å². The second kappa shape index (κ2) is 11.2. The van der Waals surface area contributed by atoms with E-state index in [2.05, 4.69) is 200 Å². The number of fused-ring (bicyclic) bond motifs is 11. The topological polar surface area (TPSA) is 4.93 Å². The summed E-state index contributed by atoms with van der Waals surface area (Å²) in [6.07, 6.45) is 0. The van der Waals surface area contributed by atoms with Gasteiger partial charge in [0.15, 0.2) is 0 Å². The van der Waals surface area contributed by atoms with E-state index in [0.717, 1.165) is 0 Å². The van der Waals surface area contributed by atoms with Crippen molar-refractivity contribution in [3.05, 3.63) is 210 Å². The maximum Gasteiger partial charge on any atom is 0.0541 e. The average molecular weight is 700 g/mol. The molecular formula is C54H37N. The van der Waals surface area contributed by atoms with Crippen LogP contribution in [0.25, 0.3) is 82.4 Å². The van der Waals surface area contributed by atoms with Gasteiger partial charge in [0.25, 0.3) is 0 Å². The van der Waals surface area contributed by atoms with Crippen LogP contribution in [0.5, 0.6) is 0 Å². The molecule has 1 atom stereocenters. The van der Waals surface area contributed by atoms with Crippen molar-refractivity contribution >= 4 is 43.4 Å². The summed E-state index contributed by atoms with van der Waals surface area (Å²) >= 11 is 0. The Balaban J connectivity index is 1.06. The molecule has 2 aliphatic carbocycles. The van der Waals surface area contributed by atoms with E-state index in [0.29, 0.717) is 0 Å². The van der Waals surface area contributed by atoms with Gasteiger partial charge in [-0.2, -0.15) is 0 Å². The molecule has 1 unspecified atom stereocenters. The number of benzene rings is 9. The zero-order chi connectivity index (χ0) is 36.4. The van der Waals surface area contributed by atoms with Crippen molar-refractivity contribution in [3.63, 3.8) is 0 Å². The number of para-hydroxylation sites is 1. The van der Waals surface area contributed by atoms with E-state index in [9.17, 15) is 0 Å². The smallest absolute Gasteiger partial charge is 0.0541 e. The largest absolute Gasteiger partial charge is 0.309 e. The molecule has 1 heteroatoms. The van der Waals surface area contributed by atoms with Crippen LogP contribution < -0.4 is 0 Å². The van der Waals surface area contributed by atoms with E-state index in [1.165, 1.54) is 110 Å². The first-order valence-corrected chi connectivity index (χ1v) is 19.5. The van der Waals surface area contributed by atoms with Gasteiger partial charge in [-0.1, -0.05) is 159 Å². The number of nitrogens with zero attached hydrogens (tertiary/aromatic N) is 1. The van der Waals surface area contributed by atoms with E-state index in [1.54, 1.807) is 0 Å². The Morgan fingerprint density at radius 3 is 2.00 bits per heavy atom. The lowest BCUT2D eigenvalue weighted by molar-refractivity contribution is 0.659. The summed E-state index contributed by atoms with van der Waals surface area (Å²) in [5.74, 6) is 0.162. The Labute approximate surface area is 320 Å². The summed E-state index contributed by atoms with van der Waals surface area (Å²) in [5, 5.41) is 7.62. The molecule has 10 aromatic rings. The van der Waals surface area contributed by atoms with Crippen molar-refractivity contribution in [2.75, 3.05) is 0 Å². The molecule has 1 heterocycles. The van der Waals surface area contributed by atoms with Crippen molar-refractivity contribution in [2.45, 2.75) is 25.2 Å². The molecule has 0 bridgehead atoms. The fourth-order valence-corrected chi connectivity index (χ4v) is 10.2. The number of hydrogen-bond donors (Lipinski definition) is 0. The molecular weight excluding hydrogens is 663 g/mol. The molecule has 0 aliphatic heterocycles. The highest BCUT2D eigenvalue weighted by Gasteiger charge is 2.39. The first kappa shape index (κ1) is 30.7. The minimum absolute atomic E-state index is 0.0601. The second-order valence-electron chi connectivity index (χ2n) is 16.1. The molecule has 0 spiro atoms. The van der Waals surface area contributed by atoms with Gasteiger partial charge in [0.2, 0.25) is 0 Å². The minimum Gasteiger partial charge on any atom is -0.309 e. The van der Waals surface area contributed by atoms with Gasteiger partial charge in [0, 0.05) is 27.5 Å². The molecule has 0 N–H and O–H groups in total. The van der Waals surface area contributed by atoms with Crippen molar-refractivity contribution < 1.29 is 0 Å². The molecule has 55 heavy (non-hydrogen) atoms. The van der Waals surface area contributed by atoms with Gasteiger partial charge in [-0.15, -0.1) is 0 Å². The van der Waals surface area contributed by atoms with Gasteiger partial charge in [0.05, 0.1) is 16.7 Å². The lowest BCUT2D eigenvalue weighted by atomic mass is 9.80. The predicted molar refractivity (Wildman–Crippen MR) is 232 cm³/mol. The maximum absolute atomic E-state index is 2.55. The first-order chi connectivity index (χ1) is 27.0. The van der Waals surface area contributed by atoms with Gasteiger partial charge in [-0.25, -0.2) is 0 Å². The van der Waals surface area contributed by atoms with Crippen LogP contribution >= 0.6 is 0 Å². The summed E-state index contributed by atoms with van der Waals surface area (Å²) < 4.78 is 2.45. The van der Waals surface area contributed by atoms with Crippen molar-refractivity contribution in [1.82, 2.24) is 4.57 Å². The first-order valence-electron chi connectivity index (χ1n) is 19.5. The van der Waals surface area contributed by atoms with Crippen LogP contribution in [0.3, 0.4) is 0 Å². The van der Waals surface area contributed by atoms with Crippen LogP contribution in [0.2, 0.25) is 0 Å². The fourth-order valence-electron chi connectivity index (χ4n) is 10.2. The zero-order valence-electron chi connectivity index (χ0n) is 30.8. The summed E-state index contributed by atoms with van der Waals surface area (Å²) in [6.45, 7) is 4.78. The number of aromatic nitrogens is 1. The minimum atomic E-state index is -0.0601. The highest BCUT2D eigenvalue weighted by molar-refractivity contribution is 6.12. The third-order valence-corrected chi connectivity index (χ3v) is 12.8. The van der Waals surface area contributed by atoms with E-state index in [-0.39, 0.29) is 11.3 Å². The SMILES string of the molecule is CC1(C)c2ccccc2-c2cc3c(cc21)C(c1ccc2ccccc2c1)c1ccc(-c2ccc4c(c2)c2ccccc2n4-c2cccc4ccccc24)cc1-3. The van der Waals surface area contributed by atoms with Gasteiger partial charge >= 0.3 is 0 Å². The third kappa shape index (κ3) is 4.30. The van der Waals surface area contributed by atoms with Gasteiger partial charge in [0.1, 0.15) is 0 Å². The fraction of sp³-hybridized carbons (Fsp3) is 0.0741. The summed E-state index contributed by atoms with van der Waals surface area (Å²) in [5.41, 5.74) is 18.5. The lowest BCUT2D eigenvalue weighted by Crippen LogP contribution is -2.15. The van der Waals surface area contributed by atoms with Crippen LogP contribution in [0.1, 0.15) is 47.6 Å². The third-order valence-electron chi connectivity index (χ3n) is 12.8. The molecule has 0 fully saturated rings. The zero-order valence-corrected chi connectivity index (χ0v) is 30.8. The summed E-state index contributed by atoms with van der Waals surface area (Å²) in [6, 6.07) is 68.4. The number of rotatable bonds is 3. The Morgan fingerprint density at radius 1 is 0.400 bits per heavy atom. The Morgan fingerprint density at radius 2 is 1.09 bits per heavy atom. The highest BCUT2D eigenvalue weighted by atomic mass is 15.0. The Kier molecular flexibility index (Phi) is 6.24. The Hall–Kier alpha value is -6.70. The quantitative estimate of drug-likeness (QED) is 0.173. The average Bonchev–Trinajstić information content (AvgIpc) is 3.82. The molecule has 12 rings (SSSR count). The van der Waals surface area contributed by atoms with Gasteiger partial charge < -0.3 is 4.57 Å². The molecule has 1 nitrogen and oxygen atoms in total. The molecule has 0 amide bonds.